The zero-order valence-corrected chi connectivity index (χ0v) is 16.7. The Morgan fingerprint density at radius 1 is 1.12 bits per heavy atom. The summed E-state index contributed by atoms with van der Waals surface area (Å²) in [6.45, 7) is 7.04. The molecule has 0 amide bonds. The first kappa shape index (κ1) is 19.9. The minimum absolute atomic E-state index is 0.219. The molecule has 2 rings (SSSR count). The Morgan fingerprint density at radius 3 is 2.40 bits per heavy atom. The minimum atomic E-state index is -3.62. The second-order valence-electron chi connectivity index (χ2n) is 6.51. The van der Waals surface area contributed by atoms with E-state index in [0.29, 0.717) is 16.6 Å². The molecule has 0 atom stereocenters. The Labute approximate surface area is 155 Å². The van der Waals surface area contributed by atoms with Gasteiger partial charge in [0.2, 0.25) is 10.0 Å². The monoisotopic (exact) mass is 380 g/mol. The maximum Gasteiger partial charge on any atom is 0.241 e. The highest BCUT2D eigenvalue weighted by Gasteiger charge is 2.18. The zero-order valence-electron chi connectivity index (χ0n) is 15.1. The molecular formula is C19H25ClN2O2S. The molecule has 0 aliphatic rings. The number of nitrogens with one attached hydrogen (secondary N) is 1. The smallest absolute Gasteiger partial charge is 0.241 e. The molecule has 25 heavy (non-hydrogen) atoms. The fraction of sp³-hybridized carbons (Fsp3) is 0.368. The minimum Gasteiger partial charge on any atom is -0.300 e. The van der Waals surface area contributed by atoms with Gasteiger partial charge < -0.3 is 0 Å². The summed E-state index contributed by atoms with van der Waals surface area (Å²) < 4.78 is 28.0. The van der Waals surface area contributed by atoms with Gasteiger partial charge in [-0.3, -0.25) is 4.90 Å². The molecular weight excluding hydrogens is 356 g/mol. The lowest BCUT2D eigenvalue weighted by molar-refractivity contribution is 0.265. The van der Waals surface area contributed by atoms with Gasteiger partial charge in [0.1, 0.15) is 0 Å². The normalized spacial score (nSPS) is 12.1. The summed E-state index contributed by atoms with van der Waals surface area (Å²) in [6.07, 6.45) is 0. The van der Waals surface area contributed by atoms with E-state index in [4.69, 9.17) is 11.6 Å². The number of benzene rings is 2. The van der Waals surface area contributed by atoms with Crippen LogP contribution in [-0.2, 0) is 23.1 Å². The number of aryl methyl sites for hydroxylation is 1. The topological polar surface area (TPSA) is 49.4 Å². The first-order valence-electron chi connectivity index (χ1n) is 8.23. The van der Waals surface area contributed by atoms with Crippen molar-refractivity contribution >= 4 is 21.6 Å². The van der Waals surface area contributed by atoms with Crippen molar-refractivity contribution in [3.63, 3.8) is 0 Å². The van der Waals surface area contributed by atoms with Crippen LogP contribution in [0.25, 0.3) is 0 Å². The van der Waals surface area contributed by atoms with Crippen LogP contribution >= 0.6 is 11.6 Å². The third-order valence-corrected chi connectivity index (χ3v) is 6.09. The lowest BCUT2D eigenvalue weighted by Crippen LogP contribution is -2.28. The maximum absolute atomic E-state index is 12.6. The highest BCUT2D eigenvalue weighted by Crippen LogP contribution is 2.21. The van der Waals surface area contributed by atoms with E-state index in [-0.39, 0.29) is 11.4 Å². The van der Waals surface area contributed by atoms with Crippen LogP contribution in [0.2, 0.25) is 5.02 Å². The fourth-order valence-electron chi connectivity index (χ4n) is 2.45. The molecule has 0 aromatic heterocycles. The Morgan fingerprint density at radius 2 is 1.76 bits per heavy atom. The maximum atomic E-state index is 12.6. The predicted octanol–water partition coefficient (Wildman–Crippen LogP) is 3.97. The Balaban J connectivity index is 2.19. The largest absolute Gasteiger partial charge is 0.300 e. The summed E-state index contributed by atoms with van der Waals surface area (Å²) in [5, 5.41) is 0.407. The molecule has 0 fully saturated rings. The van der Waals surface area contributed by atoms with Gasteiger partial charge in [0.25, 0.3) is 0 Å². The van der Waals surface area contributed by atoms with Gasteiger partial charge in [-0.2, -0.15) is 0 Å². The van der Waals surface area contributed by atoms with E-state index in [0.717, 1.165) is 17.7 Å². The van der Waals surface area contributed by atoms with E-state index in [1.165, 1.54) is 6.07 Å². The molecule has 0 heterocycles. The predicted molar refractivity (Wildman–Crippen MR) is 103 cm³/mol. The van der Waals surface area contributed by atoms with Crippen LogP contribution in [0.4, 0.5) is 0 Å². The zero-order chi connectivity index (χ0) is 18.6. The van der Waals surface area contributed by atoms with Gasteiger partial charge in [0.05, 0.1) is 4.90 Å². The van der Waals surface area contributed by atoms with E-state index in [2.05, 4.69) is 30.5 Å². The first-order chi connectivity index (χ1) is 11.7. The number of sulfonamides is 1. The highest BCUT2D eigenvalue weighted by molar-refractivity contribution is 7.89. The number of hydrogen-bond donors (Lipinski definition) is 1. The number of hydrogen-bond acceptors (Lipinski definition) is 3. The van der Waals surface area contributed by atoms with Gasteiger partial charge in [0.15, 0.2) is 0 Å². The summed E-state index contributed by atoms with van der Waals surface area (Å²) in [4.78, 5) is 2.44. The second-order valence-corrected chi connectivity index (χ2v) is 8.68. The van der Waals surface area contributed by atoms with Crippen LogP contribution < -0.4 is 4.72 Å². The third-order valence-electron chi connectivity index (χ3n) is 4.31. The second kappa shape index (κ2) is 8.32. The van der Waals surface area contributed by atoms with Gasteiger partial charge in [0, 0.05) is 24.2 Å². The van der Waals surface area contributed by atoms with Crippen molar-refractivity contribution in [1.82, 2.24) is 9.62 Å². The molecule has 0 bridgehead atoms. The third kappa shape index (κ3) is 5.28. The van der Waals surface area contributed by atoms with Crippen molar-refractivity contribution in [2.45, 2.75) is 44.8 Å². The van der Waals surface area contributed by atoms with E-state index in [1.54, 1.807) is 19.1 Å². The quantitative estimate of drug-likeness (QED) is 0.790. The average Bonchev–Trinajstić information content (AvgIpc) is 2.56. The average molecular weight is 381 g/mol. The lowest BCUT2D eigenvalue weighted by atomic mass is 10.1. The molecule has 0 unspecified atom stereocenters. The van der Waals surface area contributed by atoms with Crippen LogP contribution in [-0.4, -0.2) is 26.4 Å². The molecule has 1 N–H and O–H groups in total. The summed E-state index contributed by atoms with van der Waals surface area (Å²) in [6, 6.07) is 13.2. The molecule has 2 aromatic carbocycles. The molecule has 136 valence electrons. The molecule has 0 radical (unpaired) electrons. The SMILES string of the molecule is Cc1ccc(Cl)cc1S(=O)(=O)NCc1ccccc1CN(C)C(C)C. The molecule has 0 saturated heterocycles. The number of rotatable bonds is 7. The standard InChI is InChI=1S/C19H25ClN2O2S/c1-14(2)22(4)13-17-8-6-5-7-16(17)12-21-25(23,24)19-11-18(20)10-9-15(19)3/h5-11,14,21H,12-13H2,1-4H3. The van der Waals surface area contributed by atoms with Crippen LogP contribution in [0.5, 0.6) is 0 Å². The Kier molecular flexibility index (Phi) is 6.63. The van der Waals surface area contributed by atoms with E-state index in [1.807, 2.05) is 24.3 Å². The Bertz CT molecular complexity index is 835. The number of halogens is 1. The molecule has 4 nitrogen and oxygen atoms in total. The van der Waals surface area contributed by atoms with Crippen molar-refractivity contribution in [2.24, 2.45) is 0 Å². The van der Waals surface area contributed by atoms with Crippen LogP contribution in [0.1, 0.15) is 30.5 Å². The van der Waals surface area contributed by atoms with Gasteiger partial charge in [-0.15, -0.1) is 0 Å². The van der Waals surface area contributed by atoms with E-state index in [9.17, 15) is 8.42 Å². The van der Waals surface area contributed by atoms with Crippen molar-refractivity contribution in [1.29, 1.82) is 0 Å². The summed E-state index contributed by atoms with van der Waals surface area (Å²) in [5.41, 5.74) is 2.76. The van der Waals surface area contributed by atoms with Crippen LogP contribution in [0, 0.1) is 6.92 Å². The van der Waals surface area contributed by atoms with Crippen LogP contribution in [0.15, 0.2) is 47.4 Å². The van der Waals surface area contributed by atoms with Crippen molar-refractivity contribution in [2.75, 3.05) is 7.05 Å². The van der Waals surface area contributed by atoms with Gasteiger partial charge in [-0.1, -0.05) is 41.9 Å². The molecule has 0 spiro atoms. The molecule has 0 saturated carbocycles. The van der Waals surface area contributed by atoms with Crippen molar-refractivity contribution in [3.8, 4) is 0 Å². The molecule has 0 aliphatic heterocycles. The first-order valence-corrected chi connectivity index (χ1v) is 10.1. The molecule has 2 aromatic rings. The van der Waals surface area contributed by atoms with E-state index >= 15 is 0 Å². The lowest BCUT2D eigenvalue weighted by Gasteiger charge is -2.22. The summed E-state index contributed by atoms with van der Waals surface area (Å²) in [7, 11) is -1.56. The number of nitrogens with zero attached hydrogens (tertiary/aromatic N) is 1. The van der Waals surface area contributed by atoms with Gasteiger partial charge >= 0.3 is 0 Å². The summed E-state index contributed by atoms with van der Waals surface area (Å²) >= 11 is 5.95. The Hall–Kier alpha value is -1.40. The van der Waals surface area contributed by atoms with Crippen molar-refractivity contribution < 1.29 is 8.42 Å². The summed E-state index contributed by atoms with van der Waals surface area (Å²) in [5.74, 6) is 0. The molecule has 0 aliphatic carbocycles. The highest BCUT2D eigenvalue weighted by atomic mass is 35.5. The molecule has 6 heteroatoms. The van der Waals surface area contributed by atoms with Gasteiger partial charge in [-0.05, 0) is 56.6 Å². The van der Waals surface area contributed by atoms with Crippen LogP contribution in [0.3, 0.4) is 0 Å². The van der Waals surface area contributed by atoms with Gasteiger partial charge in [-0.25, -0.2) is 13.1 Å². The van der Waals surface area contributed by atoms with Crippen molar-refractivity contribution in [3.05, 3.63) is 64.2 Å². The van der Waals surface area contributed by atoms with E-state index < -0.39 is 10.0 Å². The fourth-order valence-corrected chi connectivity index (χ4v) is 3.96.